The summed E-state index contributed by atoms with van der Waals surface area (Å²) in [4.78, 5) is 0. The van der Waals surface area contributed by atoms with Crippen LogP contribution in [0.3, 0.4) is 0 Å². The largest absolute Gasteiger partial charge is 0.106 e. The lowest BCUT2D eigenvalue weighted by molar-refractivity contribution is 0.952. The molecule has 1 aromatic rings. The maximum absolute atomic E-state index is 3.00. The molecule has 1 atom stereocenters. The Morgan fingerprint density at radius 1 is 1.29 bits per heavy atom. The van der Waals surface area contributed by atoms with E-state index in [-0.39, 0.29) is 0 Å². The van der Waals surface area contributed by atoms with Crippen molar-refractivity contribution < 1.29 is 0 Å². The van der Waals surface area contributed by atoms with Gasteiger partial charge < -0.3 is 0 Å². The summed E-state index contributed by atoms with van der Waals surface area (Å²) >= 11 is 0. The molecule has 0 heterocycles. The molecule has 0 radical (unpaired) electrons. The van der Waals surface area contributed by atoms with Crippen LogP contribution in [0.15, 0.2) is 55.7 Å². The third kappa shape index (κ3) is 3.00. The summed E-state index contributed by atoms with van der Waals surface area (Å²) in [7, 11) is 0. The molecule has 0 aromatic heterocycles. The van der Waals surface area contributed by atoms with Gasteiger partial charge in [0.05, 0.1) is 0 Å². The van der Waals surface area contributed by atoms with Crippen molar-refractivity contribution in [1.29, 1.82) is 0 Å². The van der Waals surface area contributed by atoms with Crippen molar-refractivity contribution in [2.45, 2.75) is 32.6 Å². The molecule has 0 saturated heterocycles. The minimum Gasteiger partial charge on any atom is -0.106 e. The molecule has 21 heavy (non-hydrogen) atoms. The Labute approximate surface area is 128 Å². The van der Waals surface area contributed by atoms with Crippen LogP contribution in [0.2, 0.25) is 0 Å². The van der Waals surface area contributed by atoms with Crippen molar-refractivity contribution in [1.82, 2.24) is 0 Å². The molecular formula is C21H24. The normalized spacial score (nSPS) is 18.6. The van der Waals surface area contributed by atoms with Crippen LogP contribution in [-0.4, -0.2) is 0 Å². The second kappa shape index (κ2) is 7.08. The number of allylic oxidation sites excluding steroid dienone is 5. The summed E-state index contributed by atoms with van der Waals surface area (Å²) in [5, 5.41) is 2.79. The highest BCUT2D eigenvalue weighted by molar-refractivity contribution is 5.72. The van der Waals surface area contributed by atoms with E-state index < -0.39 is 0 Å². The van der Waals surface area contributed by atoms with Crippen molar-refractivity contribution in [2.24, 2.45) is 0 Å². The van der Waals surface area contributed by atoms with Crippen LogP contribution >= 0.6 is 0 Å². The highest BCUT2D eigenvalue weighted by Gasteiger charge is 2.14. The van der Waals surface area contributed by atoms with Gasteiger partial charge in [-0.25, -0.2) is 0 Å². The highest BCUT2D eigenvalue weighted by Crippen LogP contribution is 2.23. The summed E-state index contributed by atoms with van der Waals surface area (Å²) in [6.45, 7) is 10.5. The average molecular weight is 276 g/mol. The Balaban J connectivity index is 0.000000774. The Bertz CT molecular complexity index is 711. The van der Waals surface area contributed by atoms with Gasteiger partial charge in [0.1, 0.15) is 0 Å². The fourth-order valence-electron chi connectivity index (χ4n) is 3.03. The first-order valence-corrected chi connectivity index (χ1v) is 7.69. The minimum atomic E-state index is 0.494. The topological polar surface area (TPSA) is 0 Å². The molecule has 0 aliphatic heterocycles. The van der Waals surface area contributed by atoms with Crippen LogP contribution < -0.4 is 10.4 Å². The van der Waals surface area contributed by atoms with Gasteiger partial charge in [0.15, 0.2) is 0 Å². The number of hydrogen-bond acceptors (Lipinski definition) is 0. The van der Waals surface area contributed by atoms with Crippen molar-refractivity contribution in [2.75, 3.05) is 0 Å². The molecule has 0 amide bonds. The van der Waals surface area contributed by atoms with Gasteiger partial charge >= 0.3 is 0 Å². The molecule has 0 fully saturated rings. The summed E-state index contributed by atoms with van der Waals surface area (Å²) < 4.78 is 0. The molecule has 0 N–H and O–H groups in total. The van der Waals surface area contributed by atoms with E-state index in [0.29, 0.717) is 5.92 Å². The summed E-state index contributed by atoms with van der Waals surface area (Å²) in [5.74, 6) is 0.494. The van der Waals surface area contributed by atoms with Crippen LogP contribution in [-0.2, 0) is 0 Å². The van der Waals surface area contributed by atoms with E-state index in [0.717, 1.165) is 12.8 Å². The summed E-state index contributed by atoms with van der Waals surface area (Å²) in [5.41, 5.74) is 4.35. The molecule has 0 heteroatoms. The van der Waals surface area contributed by atoms with Crippen LogP contribution in [0, 0.1) is 0 Å². The molecule has 1 unspecified atom stereocenters. The van der Waals surface area contributed by atoms with E-state index >= 15 is 0 Å². The van der Waals surface area contributed by atoms with Crippen LogP contribution in [0.4, 0.5) is 0 Å². The Morgan fingerprint density at radius 3 is 2.86 bits per heavy atom. The SMILES string of the molecule is C=C.CC/C=C\C1=c2ccc3c(c2C(C)C=CC1)C=CC=3. The first-order chi connectivity index (χ1) is 10.3. The lowest BCUT2D eigenvalue weighted by Gasteiger charge is -2.12. The van der Waals surface area contributed by atoms with Crippen LogP contribution in [0.5, 0.6) is 0 Å². The van der Waals surface area contributed by atoms with Gasteiger partial charge in [0, 0.05) is 5.92 Å². The van der Waals surface area contributed by atoms with E-state index in [2.05, 4.69) is 81.7 Å². The number of fused-ring (bicyclic) bond motifs is 3. The van der Waals surface area contributed by atoms with E-state index in [9.17, 15) is 0 Å². The first kappa shape index (κ1) is 15.3. The van der Waals surface area contributed by atoms with Gasteiger partial charge in [0.2, 0.25) is 0 Å². The van der Waals surface area contributed by atoms with E-state index in [1.807, 2.05) is 0 Å². The molecule has 0 spiro atoms. The lowest BCUT2D eigenvalue weighted by atomic mass is 9.92. The number of hydrogen-bond donors (Lipinski definition) is 0. The molecule has 108 valence electrons. The van der Waals surface area contributed by atoms with Gasteiger partial charge in [-0.15, -0.1) is 13.2 Å². The van der Waals surface area contributed by atoms with Crippen molar-refractivity contribution in [3.05, 3.63) is 77.2 Å². The first-order valence-electron chi connectivity index (χ1n) is 7.69. The molecule has 2 aliphatic rings. The maximum atomic E-state index is 3.00. The standard InChI is InChI=1S/C19H20.C2H4/c1-3-4-8-15-9-5-7-14(2)19-17-11-6-10-16(17)12-13-18(15)19;1-2/h4-8,10-14H,3,9H2,1-2H3;1-2H2/b8-4-;. The zero-order valence-electron chi connectivity index (χ0n) is 13.1. The zero-order valence-corrected chi connectivity index (χ0v) is 13.1. The second-order valence-electron chi connectivity index (χ2n) is 5.31. The predicted octanol–water partition coefficient (Wildman–Crippen LogP) is 4.48. The van der Waals surface area contributed by atoms with Gasteiger partial charge in [-0.1, -0.05) is 68.5 Å². The summed E-state index contributed by atoms with van der Waals surface area (Å²) in [6.07, 6.45) is 18.0. The molecule has 3 rings (SSSR count). The molecular weight excluding hydrogens is 252 g/mol. The highest BCUT2D eigenvalue weighted by atomic mass is 14.2. The van der Waals surface area contributed by atoms with Crippen molar-refractivity contribution in [3.8, 4) is 0 Å². The van der Waals surface area contributed by atoms with Gasteiger partial charge in [-0.2, -0.15) is 0 Å². The zero-order chi connectivity index (χ0) is 15.2. The fourth-order valence-corrected chi connectivity index (χ4v) is 3.03. The van der Waals surface area contributed by atoms with Crippen molar-refractivity contribution >= 4 is 17.7 Å². The van der Waals surface area contributed by atoms with E-state index in [1.165, 1.54) is 27.1 Å². The third-order valence-corrected chi connectivity index (χ3v) is 3.98. The average Bonchev–Trinajstić information content (AvgIpc) is 2.94. The van der Waals surface area contributed by atoms with Gasteiger partial charge in [-0.3, -0.25) is 0 Å². The molecule has 0 saturated carbocycles. The molecule has 2 aliphatic carbocycles. The van der Waals surface area contributed by atoms with Crippen LogP contribution in [0.25, 0.3) is 17.7 Å². The quantitative estimate of drug-likeness (QED) is 0.699. The van der Waals surface area contributed by atoms with E-state index in [4.69, 9.17) is 0 Å². The smallest absolute Gasteiger partial charge is 0.000187 e. The Morgan fingerprint density at radius 2 is 2.10 bits per heavy atom. The Kier molecular flexibility index (Phi) is 5.16. The third-order valence-electron chi connectivity index (χ3n) is 3.98. The van der Waals surface area contributed by atoms with Gasteiger partial charge in [0.25, 0.3) is 0 Å². The monoisotopic (exact) mass is 276 g/mol. The van der Waals surface area contributed by atoms with Gasteiger partial charge in [-0.05, 0) is 40.0 Å². The molecule has 1 aromatic carbocycles. The van der Waals surface area contributed by atoms with E-state index in [1.54, 1.807) is 0 Å². The Hall–Kier alpha value is -2.08. The van der Waals surface area contributed by atoms with Crippen LogP contribution in [0.1, 0.15) is 43.7 Å². The van der Waals surface area contributed by atoms with Crippen molar-refractivity contribution in [3.63, 3.8) is 0 Å². The lowest BCUT2D eigenvalue weighted by Crippen LogP contribution is -2.20. The molecule has 0 bridgehead atoms. The predicted molar refractivity (Wildman–Crippen MR) is 95.5 cm³/mol. The fraction of sp³-hybridized carbons (Fsp3) is 0.238. The number of rotatable bonds is 2. The maximum Gasteiger partial charge on any atom is 0.000187 e. The summed E-state index contributed by atoms with van der Waals surface area (Å²) in [6, 6.07) is 4.56. The second-order valence-corrected chi connectivity index (χ2v) is 5.31. The molecule has 0 nitrogen and oxygen atoms in total. The number of benzene rings is 1. The minimum absolute atomic E-state index is 0.494.